The van der Waals surface area contributed by atoms with Crippen LogP contribution in [0.25, 0.3) is 10.9 Å². The fourth-order valence-corrected chi connectivity index (χ4v) is 3.06. The van der Waals surface area contributed by atoms with Crippen molar-refractivity contribution in [2.45, 2.75) is 38.6 Å². The van der Waals surface area contributed by atoms with E-state index < -0.39 is 0 Å². The Morgan fingerprint density at radius 2 is 2.05 bits per heavy atom. The molecule has 1 fully saturated rings. The number of pyridine rings is 1. The van der Waals surface area contributed by atoms with E-state index in [9.17, 15) is 4.79 Å². The highest BCUT2D eigenvalue weighted by molar-refractivity contribution is 6.01. The van der Waals surface area contributed by atoms with E-state index in [1.165, 1.54) is 0 Å². The molecule has 0 saturated heterocycles. The van der Waals surface area contributed by atoms with Crippen LogP contribution in [0.2, 0.25) is 0 Å². The summed E-state index contributed by atoms with van der Waals surface area (Å²) in [5, 5.41) is 4.06. The van der Waals surface area contributed by atoms with Gasteiger partial charge in [0.1, 0.15) is 0 Å². The molecule has 2 aromatic rings. The molecule has 4 heteroatoms. The van der Waals surface area contributed by atoms with E-state index in [2.05, 4.69) is 10.3 Å². The van der Waals surface area contributed by atoms with E-state index in [0.717, 1.165) is 48.0 Å². The van der Waals surface area contributed by atoms with Gasteiger partial charge < -0.3 is 11.1 Å². The number of amides is 1. The maximum absolute atomic E-state index is 12.5. The molecule has 0 spiro atoms. The zero-order valence-electron chi connectivity index (χ0n) is 12.3. The van der Waals surface area contributed by atoms with Gasteiger partial charge in [-0.05, 0) is 31.9 Å². The van der Waals surface area contributed by atoms with Crippen LogP contribution in [0.3, 0.4) is 0 Å². The minimum absolute atomic E-state index is 0.0246. The van der Waals surface area contributed by atoms with E-state index in [0.29, 0.717) is 0 Å². The Kier molecular flexibility index (Phi) is 3.88. The van der Waals surface area contributed by atoms with Crippen molar-refractivity contribution >= 4 is 22.5 Å². The van der Waals surface area contributed by atoms with Gasteiger partial charge in [0.25, 0.3) is 0 Å². The van der Waals surface area contributed by atoms with Crippen LogP contribution in [0.15, 0.2) is 30.3 Å². The lowest BCUT2D eigenvalue weighted by atomic mass is 9.84. The lowest BCUT2D eigenvalue weighted by Gasteiger charge is -2.27. The predicted molar refractivity (Wildman–Crippen MR) is 85.0 cm³/mol. The van der Waals surface area contributed by atoms with Crippen molar-refractivity contribution in [1.29, 1.82) is 0 Å². The zero-order chi connectivity index (χ0) is 14.8. The number of anilines is 1. The molecule has 0 radical (unpaired) electrons. The second-order valence-corrected chi connectivity index (χ2v) is 5.87. The van der Waals surface area contributed by atoms with Crippen molar-refractivity contribution in [3.05, 3.63) is 36.0 Å². The number of hydrogen-bond acceptors (Lipinski definition) is 3. The number of para-hydroxylation sites is 1. The number of nitrogens with zero attached hydrogens (tertiary/aromatic N) is 1. The van der Waals surface area contributed by atoms with Crippen LogP contribution < -0.4 is 11.1 Å². The standard InChI is InChI=1S/C17H21N3O/c1-11-9-10-12-5-4-8-15(16(12)19-11)20-17(21)13-6-2-3-7-14(13)18/h4-5,8-10,13-14H,2-3,6-7,18H2,1H3,(H,20,21). The van der Waals surface area contributed by atoms with Crippen LogP contribution in [-0.2, 0) is 4.79 Å². The van der Waals surface area contributed by atoms with E-state index in [4.69, 9.17) is 5.73 Å². The van der Waals surface area contributed by atoms with Gasteiger partial charge in [-0.3, -0.25) is 9.78 Å². The molecule has 0 bridgehead atoms. The average molecular weight is 283 g/mol. The van der Waals surface area contributed by atoms with Crippen LogP contribution in [-0.4, -0.2) is 16.9 Å². The van der Waals surface area contributed by atoms with Gasteiger partial charge in [0.2, 0.25) is 5.91 Å². The van der Waals surface area contributed by atoms with E-state index >= 15 is 0 Å². The lowest BCUT2D eigenvalue weighted by molar-refractivity contribution is -0.121. The molecule has 1 aromatic carbocycles. The molecule has 1 aliphatic rings. The fraction of sp³-hybridized carbons (Fsp3) is 0.412. The monoisotopic (exact) mass is 283 g/mol. The summed E-state index contributed by atoms with van der Waals surface area (Å²) in [4.78, 5) is 17.0. The lowest BCUT2D eigenvalue weighted by Crippen LogP contribution is -2.40. The largest absolute Gasteiger partial charge is 0.327 e. The normalized spacial score (nSPS) is 22.2. The molecule has 1 amide bonds. The van der Waals surface area contributed by atoms with Crippen molar-refractivity contribution in [3.63, 3.8) is 0 Å². The van der Waals surface area contributed by atoms with Gasteiger partial charge in [0.05, 0.1) is 17.1 Å². The van der Waals surface area contributed by atoms with Gasteiger partial charge in [0.15, 0.2) is 0 Å². The number of nitrogens with one attached hydrogen (secondary N) is 1. The molecule has 1 heterocycles. The number of aryl methyl sites for hydroxylation is 1. The number of carbonyl (C=O) groups is 1. The summed E-state index contributed by atoms with van der Waals surface area (Å²) in [5.74, 6) is -0.0585. The van der Waals surface area contributed by atoms with Crippen LogP contribution >= 0.6 is 0 Å². The maximum Gasteiger partial charge on any atom is 0.229 e. The molecule has 0 aliphatic heterocycles. The van der Waals surface area contributed by atoms with Gasteiger partial charge in [-0.25, -0.2) is 0 Å². The molecule has 4 nitrogen and oxygen atoms in total. The van der Waals surface area contributed by atoms with Crippen LogP contribution in [0.4, 0.5) is 5.69 Å². The second kappa shape index (κ2) is 5.82. The molecule has 2 atom stereocenters. The summed E-state index contributed by atoms with van der Waals surface area (Å²) in [5.41, 5.74) is 8.66. The van der Waals surface area contributed by atoms with Crippen molar-refractivity contribution in [1.82, 2.24) is 4.98 Å². The smallest absolute Gasteiger partial charge is 0.229 e. The summed E-state index contributed by atoms with van der Waals surface area (Å²) in [7, 11) is 0. The Labute approximate surface area is 124 Å². The maximum atomic E-state index is 12.5. The van der Waals surface area contributed by atoms with Gasteiger partial charge in [-0.2, -0.15) is 0 Å². The molecule has 3 N–H and O–H groups in total. The van der Waals surface area contributed by atoms with Crippen molar-refractivity contribution in [3.8, 4) is 0 Å². The van der Waals surface area contributed by atoms with Gasteiger partial charge in [-0.15, -0.1) is 0 Å². The van der Waals surface area contributed by atoms with Crippen molar-refractivity contribution < 1.29 is 4.79 Å². The highest BCUT2D eigenvalue weighted by atomic mass is 16.1. The minimum Gasteiger partial charge on any atom is -0.327 e. The number of rotatable bonds is 2. The third kappa shape index (κ3) is 2.90. The van der Waals surface area contributed by atoms with Crippen molar-refractivity contribution in [2.24, 2.45) is 11.7 Å². The molecular weight excluding hydrogens is 262 g/mol. The Balaban J connectivity index is 1.87. The molecule has 1 aromatic heterocycles. The first-order valence-electron chi connectivity index (χ1n) is 7.58. The molecule has 2 unspecified atom stereocenters. The first-order valence-corrected chi connectivity index (χ1v) is 7.58. The molecule has 21 heavy (non-hydrogen) atoms. The minimum atomic E-state index is -0.0844. The number of aromatic nitrogens is 1. The number of hydrogen-bond donors (Lipinski definition) is 2. The van der Waals surface area contributed by atoms with E-state index in [1.54, 1.807) is 0 Å². The first kappa shape index (κ1) is 14.0. The van der Waals surface area contributed by atoms with Gasteiger partial charge in [-0.1, -0.05) is 31.0 Å². The Hall–Kier alpha value is -1.94. The van der Waals surface area contributed by atoms with Gasteiger partial charge in [0, 0.05) is 17.1 Å². The van der Waals surface area contributed by atoms with Crippen LogP contribution in [0, 0.1) is 12.8 Å². The summed E-state index contributed by atoms with van der Waals surface area (Å²) in [6.45, 7) is 1.95. The third-order valence-electron chi connectivity index (χ3n) is 4.27. The zero-order valence-corrected chi connectivity index (χ0v) is 12.3. The molecular formula is C17H21N3O. The van der Waals surface area contributed by atoms with Crippen LogP contribution in [0.5, 0.6) is 0 Å². The van der Waals surface area contributed by atoms with Crippen molar-refractivity contribution in [2.75, 3.05) is 5.32 Å². The van der Waals surface area contributed by atoms with E-state index in [-0.39, 0.29) is 17.9 Å². The first-order chi connectivity index (χ1) is 10.1. The summed E-state index contributed by atoms with van der Waals surface area (Å²) in [6, 6.07) is 9.83. The quantitative estimate of drug-likeness (QED) is 0.890. The average Bonchev–Trinajstić information content (AvgIpc) is 2.48. The summed E-state index contributed by atoms with van der Waals surface area (Å²) >= 11 is 0. The number of nitrogens with two attached hydrogens (primary N) is 1. The molecule has 110 valence electrons. The number of fused-ring (bicyclic) bond motifs is 1. The Morgan fingerprint density at radius 3 is 2.86 bits per heavy atom. The fourth-order valence-electron chi connectivity index (χ4n) is 3.06. The third-order valence-corrected chi connectivity index (χ3v) is 4.27. The highest BCUT2D eigenvalue weighted by Gasteiger charge is 2.28. The SMILES string of the molecule is Cc1ccc2cccc(NC(=O)C3CCCCC3N)c2n1. The topological polar surface area (TPSA) is 68.0 Å². The van der Waals surface area contributed by atoms with Crippen LogP contribution in [0.1, 0.15) is 31.4 Å². The molecule has 1 saturated carbocycles. The highest BCUT2D eigenvalue weighted by Crippen LogP contribution is 2.26. The van der Waals surface area contributed by atoms with E-state index in [1.807, 2.05) is 37.3 Å². The Morgan fingerprint density at radius 1 is 1.24 bits per heavy atom. The summed E-state index contributed by atoms with van der Waals surface area (Å²) < 4.78 is 0. The summed E-state index contributed by atoms with van der Waals surface area (Å²) in [6.07, 6.45) is 4.02. The molecule has 3 rings (SSSR count). The number of carbonyl (C=O) groups excluding carboxylic acids is 1. The number of benzene rings is 1. The Bertz CT molecular complexity index is 668. The van der Waals surface area contributed by atoms with Gasteiger partial charge >= 0.3 is 0 Å². The molecule has 1 aliphatic carbocycles. The predicted octanol–water partition coefficient (Wildman–Crippen LogP) is 3.00. The second-order valence-electron chi connectivity index (χ2n) is 5.87.